The molecule has 2 aromatic carbocycles. The largest absolute Gasteiger partial charge is 0.493 e. The highest BCUT2D eigenvalue weighted by Gasteiger charge is 2.36. The van der Waals surface area contributed by atoms with Gasteiger partial charge in [0.2, 0.25) is 23.2 Å². The number of hydrogen-bond acceptors (Lipinski definition) is 7. The normalized spacial score (nSPS) is 14.8. The molecule has 0 bridgehead atoms. The predicted molar refractivity (Wildman–Crippen MR) is 134 cm³/mol. The van der Waals surface area contributed by atoms with E-state index in [1.54, 1.807) is 16.7 Å². The van der Waals surface area contributed by atoms with Crippen molar-refractivity contribution < 1.29 is 14.3 Å². The highest BCUT2D eigenvalue weighted by atomic mass is 32.2. The second-order valence-electron chi connectivity index (χ2n) is 8.49. The van der Waals surface area contributed by atoms with Gasteiger partial charge in [-0.05, 0) is 49.1 Å². The van der Waals surface area contributed by atoms with Crippen molar-refractivity contribution in [3.05, 3.63) is 53.6 Å². The Morgan fingerprint density at radius 3 is 2.68 bits per heavy atom. The number of aryl methyl sites for hydroxylation is 1. The van der Waals surface area contributed by atoms with Gasteiger partial charge in [0.1, 0.15) is 5.75 Å². The van der Waals surface area contributed by atoms with Crippen molar-refractivity contribution in [2.24, 2.45) is 5.92 Å². The lowest BCUT2D eigenvalue weighted by Crippen LogP contribution is -2.36. The summed E-state index contributed by atoms with van der Waals surface area (Å²) >= 11 is 1.54. The molecule has 1 atom stereocenters. The van der Waals surface area contributed by atoms with Crippen LogP contribution in [0.1, 0.15) is 52.0 Å². The molecule has 0 N–H and O–H groups in total. The number of para-hydroxylation sites is 1. The van der Waals surface area contributed by atoms with E-state index >= 15 is 0 Å². The summed E-state index contributed by atoms with van der Waals surface area (Å²) in [6.45, 7) is 10.4. The lowest BCUT2D eigenvalue weighted by Gasteiger charge is -2.31. The zero-order chi connectivity index (χ0) is 24.2. The lowest BCUT2D eigenvalue weighted by molar-refractivity contribution is -0.118. The Balaban J connectivity index is 1.93. The molecule has 1 amide bonds. The maximum absolute atomic E-state index is 13.1. The third kappa shape index (κ3) is 4.87. The quantitative estimate of drug-likeness (QED) is 0.404. The van der Waals surface area contributed by atoms with Crippen LogP contribution in [0.25, 0.3) is 11.3 Å². The number of fused-ring (bicyclic) bond motifs is 3. The van der Waals surface area contributed by atoms with Gasteiger partial charge in [-0.2, -0.15) is 4.98 Å². The molecule has 34 heavy (non-hydrogen) atoms. The number of thioether (sulfide) groups is 1. The second kappa shape index (κ2) is 10.4. The number of nitrogens with zero attached hydrogens (tertiary/aromatic N) is 4. The van der Waals surface area contributed by atoms with E-state index in [9.17, 15) is 4.79 Å². The van der Waals surface area contributed by atoms with Gasteiger partial charge in [0.15, 0.2) is 5.69 Å². The highest BCUT2D eigenvalue weighted by molar-refractivity contribution is 7.99. The number of carbonyl (C=O) groups is 1. The smallest absolute Gasteiger partial charge is 0.247 e. The molecule has 0 saturated heterocycles. The van der Waals surface area contributed by atoms with Crippen molar-refractivity contribution in [1.82, 2.24) is 15.2 Å². The minimum absolute atomic E-state index is 0.156. The van der Waals surface area contributed by atoms with E-state index in [1.807, 2.05) is 49.4 Å². The molecule has 0 fully saturated rings. The molecule has 1 aromatic heterocycles. The molecule has 0 aliphatic carbocycles. The molecule has 1 aliphatic rings. The fraction of sp³-hybridized carbons (Fsp3) is 0.385. The summed E-state index contributed by atoms with van der Waals surface area (Å²) in [6, 6.07) is 13.6. The summed E-state index contributed by atoms with van der Waals surface area (Å²) < 4.78 is 12.4. The Bertz CT molecular complexity index is 1180. The van der Waals surface area contributed by atoms with Crippen molar-refractivity contribution in [2.45, 2.75) is 52.4 Å². The monoisotopic (exact) mass is 478 g/mol. The molecule has 2 heterocycles. The van der Waals surface area contributed by atoms with Crippen molar-refractivity contribution in [3.63, 3.8) is 0 Å². The molecule has 7 nitrogen and oxygen atoms in total. The van der Waals surface area contributed by atoms with Crippen molar-refractivity contribution in [1.29, 1.82) is 0 Å². The minimum atomic E-state index is -0.771. The topological polar surface area (TPSA) is 77.4 Å². The summed E-state index contributed by atoms with van der Waals surface area (Å²) in [7, 11) is 0. The van der Waals surface area contributed by atoms with Crippen LogP contribution in [-0.2, 0) is 11.2 Å². The van der Waals surface area contributed by atoms with E-state index in [0.29, 0.717) is 40.7 Å². The summed E-state index contributed by atoms with van der Waals surface area (Å²) in [4.78, 5) is 19.4. The van der Waals surface area contributed by atoms with Gasteiger partial charge >= 0.3 is 0 Å². The molecule has 3 aromatic rings. The van der Waals surface area contributed by atoms with Crippen LogP contribution in [0.5, 0.6) is 11.6 Å². The van der Waals surface area contributed by atoms with Gasteiger partial charge in [0.25, 0.3) is 0 Å². The number of aromatic nitrogens is 3. The molecule has 0 unspecified atom stereocenters. The fourth-order valence-corrected chi connectivity index (χ4v) is 4.58. The van der Waals surface area contributed by atoms with Crippen molar-refractivity contribution in [2.75, 3.05) is 17.3 Å². The summed E-state index contributed by atoms with van der Waals surface area (Å²) in [5.41, 5.74) is 3.89. The third-order valence-corrected chi connectivity index (χ3v) is 6.71. The minimum Gasteiger partial charge on any atom is -0.493 e. The van der Waals surface area contributed by atoms with E-state index < -0.39 is 6.23 Å². The zero-order valence-corrected chi connectivity index (χ0v) is 21.1. The molecular formula is C26H30N4O3S. The van der Waals surface area contributed by atoms with E-state index in [2.05, 4.69) is 31.0 Å². The average molecular weight is 479 g/mol. The van der Waals surface area contributed by atoms with E-state index in [0.717, 1.165) is 28.9 Å². The third-order valence-electron chi connectivity index (χ3n) is 5.45. The zero-order valence-electron chi connectivity index (χ0n) is 20.2. The molecule has 0 radical (unpaired) electrons. The van der Waals surface area contributed by atoms with Crippen LogP contribution < -0.4 is 14.4 Å². The maximum Gasteiger partial charge on any atom is 0.247 e. The maximum atomic E-state index is 13.1. The number of carbonyl (C=O) groups excluding carboxylic acids is 1. The first kappa shape index (κ1) is 24.0. The SMILES string of the molecule is CCOc1ccccc1[C@H]1Oc2nc(SCC(C)C)nnc2-c2cc(CC)ccc2N1C(C)=O. The average Bonchev–Trinajstić information content (AvgIpc) is 2.97. The summed E-state index contributed by atoms with van der Waals surface area (Å²) in [5, 5.41) is 9.45. The van der Waals surface area contributed by atoms with Crippen molar-refractivity contribution in [3.8, 4) is 22.9 Å². The van der Waals surface area contributed by atoms with E-state index in [4.69, 9.17) is 14.5 Å². The van der Waals surface area contributed by atoms with Gasteiger partial charge in [0, 0.05) is 18.2 Å². The van der Waals surface area contributed by atoms with Gasteiger partial charge < -0.3 is 9.47 Å². The second-order valence-corrected chi connectivity index (χ2v) is 9.48. The summed E-state index contributed by atoms with van der Waals surface area (Å²) in [5.74, 6) is 2.22. The number of ether oxygens (including phenoxy) is 2. The van der Waals surface area contributed by atoms with Gasteiger partial charge in [0.05, 0.1) is 17.9 Å². The Kier molecular flexibility index (Phi) is 7.36. The molecule has 8 heteroatoms. The van der Waals surface area contributed by atoms with Crippen LogP contribution in [0.15, 0.2) is 47.6 Å². The van der Waals surface area contributed by atoms with Crippen LogP contribution in [0, 0.1) is 5.92 Å². The molecular weight excluding hydrogens is 448 g/mol. The Hall–Kier alpha value is -3.13. The first-order valence-corrected chi connectivity index (χ1v) is 12.6. The van der Waals surface area contributed by atoms with Gasteiger partial charge in [-0.15, -0.1) is 10.2 Å². The standard InChI is InChI=1S/C26H30N4O3S/c1-6-18-12-13-21-20(14-18)23-24(27-26(29-28-23)34-15-16(3)4)33-25(30(21)17(5)31)19-10-8-9-11-22(19)32-7-2/h8-14,16,25H,6-7,15H2,1-5H3/t25-/m1/s1. The van der Waals surface area contributed by atoms with Crippen LogP contribution in [0.4, 0.5) is 5.69 Å². The van der Waals surface area contributed by atoms with Crippen LogP contribution in [0.2, 0.25) is 0 Å². The number of benzene rings is 2. The predicted octanol–water partition coefficient (Wildman–Crippen LogP) is 5.69. The molecule has 0 saturated carbocycles. The van der Waals surface area contributed by atoms with Gasteiger partial charge in [-0.1, -0.05) is 50.7 Å². The number of anilines is 1. The molecule has 0 spiro atoms. The Morgan fingerprint density at radius 2 is 1.97 bits per heavy atom. The number of hydrogen-bond donors (Lipinski definition) is 0. The van der Waals surface area contributed by atoms with E-state index in [1.165, 1.54) is 6.92 Å². The summed E-state index contributed by atoms with van der Waals surface area (Å²) in [6.07, 6.45) is 0.0796. The Morgan fingerprint density at radius 1 is 1.18 bits per heavy atom. The highest BCUT2D eigenvalue weighted by Crippen LogP contribution is 2.45. The van der Waals surface area contributed by atoms with Gasteiger partial charge in [-0.25, -0.2) is 0 Å². The van der Waals surface area contributed by atoms with E-state index in [-0.39, 0.29) is 5.91 Å². The van der Waals surface area contributed by atoms with Crippen LogP contribution >= 0.6 is 11.8 Å². The molecule has 4 rings (SSSR count). The first-order chi connectivity index (χ1) is 16.4. The van der Waals surface area contributed by atoms with Crippen LogP contribution in [0.3, 0.4) is 0 Å². The Labute approximate surface area is 204 Å². The number of rotatable bonds is 7. The first-order valence-electron chi connectivity index (χ1n) is 11.6. The van der Waals surface area contributed by atoms with Crippen molar-refractivity contribution >= 4 is 23.4 Å². The molecule has 1 aliphatic heterocycles. The number of amides is 1. The van der Waals surface area contributed by atoms with Gasteiger partial charge in [-0.3, -0.25) is 9.69 Å². The van der Waals surface area contributed by atoms with Crippen LogP contribution in [-0.4, -0.2) is 33.4 Å². The lowest BCUT2D eigenvalue weighted by atomic mass is 10.0. The fourth-order valence-electron chi connectivity index (χ4n) is 3.85. The molecule has 178 valence electrons.